The maximum absolute atomic E-state index is 2.43. The van der Waals surface area contributed by atoms with Gasteiger partial charge in [0.2, 0.25) is 0 Å². The van der Waals surface area contributed by atoms with Crippen molar-refractivity contribution in [3.05, 3.63) is 180 Å². The van der Waals surface area contributed by atoms with Crippen LogP contribution in [0.5, 0.6) is 0 Å². The molecule has 0 amide bonds. The average Bonchev–Trinajstić information content (AvgIpc) is 3.03. The molecule has 0 bridgehead atoms. The summed E-state index contributed by atoms with van der Waals surface area (Å²) in [5.74, 6) is 0.320. The summed E-state index contributed by atoms with van der Waals surface area (Å²) in [5.41, 5.74) is 12.8. The summed E-state index contributed by atoms with van der Waals surface area (Å²) in [6, 6.07) is 57.4. The lowest BCUT2D eigenvalue weighted by Gasteiger charge is -2.45. The molecule has 2 aliphatic heterocycles. The fourth-order valence-corrected chi connectivity index (χ4v) is 6.84. The number of hydrogen-bond acceptors (Lipinski definition) is 2. The minimum Gasteiger partial charge on any atom is -0.310 e. The van der Waals surface area contributed by atoms with Crippen LogP contribution in [-0.2, 0) is 0 Å². The summed E-state index contributed by atoms with van der Waals surface area (Å²) in [6.07, 6.45) is 0. The van der Waals surface area contributed by atoms with Gasteiger partial charge in [-0.1, -0.05) is 109 Å². The molecule has 0 unspecified atom stereocenters. The van der Waals surface area contributed by atoms with Crippen molar-refractivity contribution in [2.24, 2.45) is 0 Å². The molecule has 2 aliphatic rings. The number of hydrogen-bond donors (Lipinski definition) is 0. The number of anilines is 6. The Kier molecular flexibility index (Phi) is 5.31. The first kappa shape index (κ1) is 22.9. The van der Waals surface area contributed by atoms with Crippen LogP contribution in [0.3, 0.4) is 0 Å². The van der Waals surface area contributed by atoms with Gasteiger partial charge in [0, 0.05) is 46.0 Å². The lowest BCUT2D eigenvalue weighted by atomic mass is 9.69. The zero-order valence-electron chi connectivity index (χ0n) is 22.1. The molecule has 190 valence electrons. The Labute approximate surface area is 235 Å². The molecule has 0 aliphatic carbocycles. The monoisotopic (exact) mass is 512 g/mol. The standard InChI is InChI=1S/C38H28N2/c1-3-15-27(16-4-1)39-33-23-11-7-19-29(33)37(30-20-8-12-24-34(30)39)38-31-21-9-13-25-35(31)40(28-17-5-2-6-18-28)36-26-14-10-22-32(36)38/h1-26,37-38H. The van der Waals surface area contributed by atoms with E-state index in [-0.39, 0.29) is 11.8 Å². The Morgan fingerprint density at radius 1 is 0.275 bits per heavy atom. The number of nitrogens with zero attached hydrogens (tertiary/aromatic N) is 2. The summed E-state index contributed by atoms with van der Waals surface area (Å²) in [4.78, 5) is 4.86. The second-order valence-electron chi connectivity index (χ2n) is 10.5. The second kappa shape index (κ2) is 9.29. The van der Waals surface area contributed by atoms with Gasteiger partial charge in [-0.2, -0.15) is 0 Å². The molecule has 0 fully saturated rings. The van der Waals surface area contributed by atoms with Gasteiger partial charge in [-0.05, 0) is 70.8 Å². The largest absolute Gasteiger partial charge is 0.310 e. The van der Waals surface area contributed by atoms with Crippen molar-refractivity contribution in [3.63, 3.8) is 0 Å². The van der Waals surface area contributed by atoms with Crippen LogP contribution in [0.4, 0.5) is 34.1 Å². The minimum atomic E-state index is 0.160. The number of benzene rings is 6. The van der Waals surface area contributed by atoms with E-state index in [4.69, 9.17) is 0 Å². The molecule has 0 spiro atoms. The Balaban J connectivity index is 1.40. The maximum atomic E-state index is 2.43. The van der Waals surface area contributed by atoms with E-state index in [0.717, 1.165) is 0 Å². The summed E-state index contributed by atoms with van der Waals surface area (Å²) in [5, 5.41) is 0. The third kappa shape index (κ3) is 3.43. The van der Waals surface area contributed by atoms with Crippen LogP contribution in [0.1, 0.15) is 34.1 Å². The lowest BCUT2D eigenvalue weighted by Crippen LogP contribution is -2.29. The highest BCUT2D eigenvalue weighted by Gasteiger charge is 2.41. The van der Waals surface area contributed by atoms with Crippen molar-refractivity contribution in [2.75, 3.05) is 9.80 Å². The predicted octanol–water partition coefficient (Wildman–Crippen LogP) is 10.2. The van der Waals surface area contributed by atoms with Gasteiger partial charge in [0.1, 0.15) is 0 Å². The highest BCUT2D eigenvalue weighted by Crippen LogP contribution is 2.59. The van der Waals surface area contributed by atoms with Crippen LogP contribution in [0.15, 0.2) is 158 Å². The van der Waals surface area contributed by atoms with Crippen molar-refractivity contribution < 1.29 is 0 Å². The van der Waals surface area contributed by atoms with Gasteiger partial charge in [0.05, 0.1) is 0 Å². The molecule has 6 aromatic rings. The molecule has 2 heteroatoms. The first-order valence-electron chi connectivity index (χ1n) is 14.0. The predicted molar refractivity (Wildman–Crippen MR) is 166 cm³/mol. The van der Waals surface area contributed by atoms with Crippen molar-refractivity contribution in [2.45, 2.75) is 11.8 Å². The van der Waals surface area contributed by atoms with E-state index in [1.54, 1.807) is 0 Å². The first-order valence-corrected chi connectivity index (χ1v) is 14.0. The van der Waals surface area contributed by atoms with Gasteiger partial charge in [0.15, 0.2) is 0 Å². The Morgan fingerprint density at radius 2 is 0.525 bits per heavy atom. The molecular formula is C38H28N2. The fourth-order valence-electron chi connectivity index (χ4n) is 6.84. The van der Waals surface area contributed by atoms with Gasteiger partial charge in [-0.15, -0.1) is 0 Å². The van der Waals surface area contributed by atoms with E-state index >= 15 is 0 Å². The van der Waals surface area contributed by atoms with Crippen LogP contribution in [0.25, 0.3) is 0 Å². The molecule has 2 nitrogen and oxygen atoms in total. The van der Waals surface area contributed by atoms with E-state index in [0.29, 0.717) is 0 Å². The molecule has 6 aromatic carbocycles. The van der Waals surface area contributed by atoms with Crippen molar-refractivity contribution >= 4 is 34.1 Å². The molecule has 0 radical (unpaired) electrons. The van der Waals surface area contributed by atoms with Crippen LogP contribution in [0.2, 0.25) is 0 Å². The maximum Gasteiger partial charge on any atom is 0.0500 e. The van der Waals surface area contributed by atoms with Crippen molar-refractivity contribution in [3.8, 4) is 0 Å². The van der Waals surface area contributed by atoms with Crippen LogP contribution in [-0.4, -0.2) is 0 Å². The normalized spacial score (nSPS) is 14.2. The summed E-state index contributed by atoms with van der Waals surface area (Å²) in [6.45, 7) is 0. The fraction of sp³-hybridized carbons (Fsp3) is 0.0526. The first-order chi connectivity index (χ1) is 19.9. The molecular weight excluding hydrogens is 484 g/mol. The molecule has 0 N–H and O–H groups in total. The van der Waals surface area contributed by atoms with E-state index < -0.39 is 0 Å². The Morgan fingerprint density at radius 3 is 0.825 bits per heavy atom. The van der Waals surface area contributed by atoms with Gasteiger partial charge in [-0.25, -0.2) is 0 Å². The zero-order chi connectivity index (χ0) is 26.5. The summed E-state index contributed by atoms with van der Waals surface area (Å²) < 4.78 is 0. The smallest absolute Gasteiger partial charge is 0.0500 e. The summed E-state index contributed by atoms with van der Waals surface area (Å²) >= 11 is 0. The number of para-hydroxylation sites is 6. The van der Waals surface area contributed by atoms with Gasteiger partial charge in [-0.3, -0.25) is 0 Å². The van der Waals surface area contributed by atoms with E-state index in [9.17, 15) is 0 Å². The third-order valence-electron chi connectivity index (χ3n) is 8.41. The summed E-state index contributed by atoms with van der Waals surface area (Å²) in [7, 11) is 0. The Bertz CT molecular complexity index is 1590. The van der Waals surface area contributed by atoms with Gasteiger partial charge < -0.3 is 9.80 Å². The minimum absolute atomic E-state index is 0.160. The van der Waals surface area contributed by atoms with E-state index in [1.165, 1.54) is 56.4 Å². The van der Waals surface area contributed by atoms with E-state index in [1.807, 2.05) is 0 Å². The van der Waals surface area contributed by atoms with E-state index in [2.05, 4.69) is 168 Å². The van der Waals surface area contributed by atoms with Crippen LogP contribution >= 0.6 is 0 Å². The average molecular weight is 513 g/mol. The number of fused-ring (bicyclic) bond motifs is 4. The van der Waals surface area contributed by atoms with Crippen LogP contribution < -0.4 is 9.80 Å². The lowest BCUT2D eigenvalue weighted by molar-refractivity contribution is 0.679. The molecule has 0 saturated carbocycles. The molecule has 8 rings (SSSR count). The highest BCUT2D eigenvalue weighted by atomic mass is 15.2. The van der Waals surface area contributed by atoms with Crippen molar-refractivity contribution in [1.82, 2.24) is 0 Å². The molecule has 0 atom stereocenters. The zero-order valence-corrected chi connectivity index (χ0v) is 22.1. The second-order valence-corrected chi connectivity index (χ2v) is 10.5. The van der Waals surface area contributed by atoms with Gasteiger partial charge >= 0.3 is 0 Å². The quantitative estimate of drug-likeness (QED) is 0.233. The van der Waals surface area contributed by atoms with Crippen LogP contribution in [0, 0.1) is 0 Å². The van der Waals surface area contributed by atoms with Crippen molar-refractivity contribution in [1.29, 1.82) is 0 Å². The Hall–Kier alpha value is -5.08. The third-order valence-corrected chi connectivity index (χ3v) is 8.41. The topological polar surface area (TPSA) is 6.48 Å². The molecule has 2 heterocycles. The number of rotatable bonds is 3. The molecule has 0 saturated heterocycles. The molecule has 0 aromatic heterocycles. The highest BCUT2D eigenvalue weighted by molar-refractivity contribution is 5.89. The molecule has 40 heavy (non-hydrogen) atoms. The van der Waals surface area contributed by atoms with Gasteiger partial charge in [0.25, 0.3) is 0 Å². The SMILES string of the molecule is c1ccc(N2c3ccccc3C(C3c4ccccc4N(c4ccccc4)c4ccccc43)c3ccccc32)cc1.